The van der Waals surface area contributed by atoms with Gasteiger partial charge in [-0.05, 0) is 52.9 Å². The third kappa shape index (κ3) is 3.83. The van der Waals surface area contributed by atoms with Crippen molar-refractivity contribution in [3.05, 3.63) is 107 Å². The number of hydrogen-bond acceptors (Lipinski definition) is 6. The van der Waals surface area contributed by atoms with Crippen molar-refractivity contribution >= 4 is 43.6 Å². The van der Waals surface area contributed by atoms with Crippen LogP contribution in [0.1, 0.15) is 11.1 Å². The molecule has 0 saturated heterocycles. The van der Waals surface area contributed by atoms with Crippen molar-refractivity contribution in [1.29, 1.82) is 10.5 Å². The molecule has 0 fully saturated rings. The molecule has 7 aromatic rings. The van der Waals surface area contributed by atoms with E-state index in [0.717, 1.165) is 49.4 Å². The minimum atomic E-state index is -0.550. The second-order valence-electron chi connectivity index (χ2n) is 9.96. The normalized spacial score (nSPS) is 12.5. The van der Waals surface area contributed by atoms with Crippen molar-refractivity contribution in [2.45, 2.75) is 13.6 Å². The Balaban J connectivity index is 1.54. The van der Waals surface area contributed by atoms with Gasteiger partial charge in [0.25, 0.3) is 0 Å². The summed E-state index contributed by atoms with van der Waals surface area (Å²) >= 11 is 0. The number of aryl methyl sites for hydroxylation is 1. The minimum absolute atomic E-state index is 0.430. The molecule has 0 N–H and O–H groups in total. The van der Waals surface area contributed by atoms with E-state index in [1.807, 2.05) is 92.1 Å². The molecule has 0 atom stereocenters. The average molecular weight is 531 g/mol. The van der Waals surface area contributed by atoms with Gasteiger partial charge in [0.1, 0.15) is 28.4 Å². The predicted molar refractivity (Wildman–Crippen MR) is 157 cm³/mol. The third-order valence-corrected chi connectivity index (χ3v) is 7.49. The van der Waals surface area contributed by atoms with E-state index in [9.17, 15) is 14.9 Å². The Kier molecular flexibility index (Phi) is 5.59. The second-order valence-corrected chi connectivity index (χ2v) is 9.96. The molecule has 0 amide bonds. The van der Waals surface area contributed by atoms with E-state index in [1.165, 1.54) is 0 Å². The highest BCUT2D eigenvalue weighted by Gasteiger charge is 2.19. The van der Waals surface area contributed by atoms with Crippen LogP contribution >= 0.6 is 0 Å². The summed E-state index contributed by atoms with van der Waals surface area (Å²) in [5, 5.41) is 23.1. The van der Waals surface area contributed by atoms with E-state index in [0.29, 0.717) is 38.3 Å². The highest BCUT2D eigenvalue weighted by Crippen LogP contribution is 2.32. The zero-order chi connectivity index (χ0) is 28.1. The maximum atomic E-state index is 13.3. The zero-order valence-electron chi connectivity index (χ0n) is 21.9. The molecule has 0 unspecified atom stereocenters. The summed E-state index contributed by atoms with van der Waals surface area (Å²) in [6.07, 6.45) is 3.86. The lowest BCUT2D eigenvalue weighted by molar-refractivity contribution is 0.485. The van der Waals surface area contributed by atoms with Gasteiger partial charge in [0.2, 0.25) is 12.4 Å². The summed E-state index contributed by atoms with van der Waals surface area (Å²) < 4.78 is 13.3. The van der Waals surface area contributed by atoms with Crippen LogP contribution in [-0.4, -0.2) is 9.97 Å². The molecular formula is C34H19FN6. The number of nitriles is 2. The lowest BCUT2D eigenvalue weighted by atomic mass is 10.0. The Morgan fingerprint density at radius 1 is 0.610 bits per heavy atom. The number of halogens is 1. The predicted octanol–water partition coefficient (Wildman–Crippen LogP) is 6.84. The topological polar surface area (TPSA) is 98.1 Å². The van der Waals surface area contributed by atoms with Gasteiger partial charge in [-0.2, -0.15) is 20.5 Å². The smallest absolute Gasteiger partial charge is 0.206 e. The molecule has 0 saturated carbocycles. The molecule has 0 aliphatic heterocycles. The van der Waals surface area contributed by atoms with Crippen LogP contribution in [0.3, 0.4) is 0 Å². The van der Waals surface area contributed by atoms with Gasteiger partial charge in [-0.25, -0.2) is 14.4 Å². The fourth-order valence-corrected chi connectivity index (χ4v) is 5.63. The summed E-state index contributed by atoms with van der Waals surface area (Å²) in [4.78, 5) is 18.3. The van der Waals surface area contributed by atoms with Crippen LogP contribution in [0.25, 0.3) is 65.9 Å². The number of benzene rings is 4. The molecule has 0 aliphatic carbocycles. The Labute approximate surface area is 233 Å². The second kappa shape index (κ2) is 9.44. The first-order valence-corrected chi connectivity index (χ1v) is 13.0. The van der Waals surface area contributed by atoms with Crippen molar-refractivity contribution in [1.82, 2.24) is 9.97 Å². The molecule has 0 bridgehead atoms. The average Bonchev–Trinajstić information content (AvgIpc) is 3.47. The first-order chi connectivity index (χ1) is 20.1. The number of hydrogen-bond donors (Lipinski definition) is 0. The molecule has 0 aliphatic rings. The number of aromatic nitrogens is 2. The standard InChI is InChI=1S/C34H19FN6/c1-19-4-2-6-21(12-19)23-8-10-25-27(14-23)29(38-17-36)33-31(25)40-34-30(39-18-37)28-15-24(9-11-26(28)32(34)41-33)22-7-3-5-20(13-22)16-35/h2-15H,16H2,1H3. The molecule has 1 heterocycles. The van der Waals surface area contributed by atoms with Gasteiger partial charge < -0.3 is 0 Å². The number of rotatable bonds is 3. The zero-order valence-corrected chi connectivity index (χ0v) is 21.9. The lowest BCUT2D eigenvalue weighted by Crippen LogP contribution is -2.03. The number of fused-ring (bicyclic) bond motifs is 6. The maximum Gasteiger partial charge on any atom is 0.206 e. The van der Waals surface area contributed by atoms with Crippen molar-refractivity contribution < 1.29 is 4.39 Å². The highest BCUT2D eigenvalue weighted by atomic mass is 19.1. The molecule has 0 spiro atoms. The number of nitrogens with zero attached hydrogens (tertiary/aromatic N) is 6. The van der Waals surface area contributed by atoms with Gasteiger partial charge in [-0.3, -0.25) is 0 Å². The Morgan fingerprint density at radius 3 is 1.63 bits per heavy atom. The first-order valence-electron chi connectivity index (χ1n) is 13.0. The summed E-state index contributed by atoms with van der Waals surface area (Å²) in [5.41, 5.74) is 7.72. The first kappa shape index (κ1) is 24.3. The van der Waals surface area contributed by atoms with E-state index in [1.54, 1.807) is 6.07 Å². The third-order valence-electron chi connectivity index (χ3n) is 7.49. The molecule has 1 aromatic heterocycles. The summed E-state index contributed by atoms with van der Waals surface area (Å²) in [6, 6.07) is 27.3. The molecule has 41 heavy (non-hydrogen) atoms. The fourth-order valence-electron chi connectivity index (χ4n) is 5.63. The maximum absolute atomic E-state index is 13.3. The monoisotopic (exact) mass is 530 g/mol. The molecular weight excluding hydrogens is 511 g/mol. The molecule has 7 rings (SSSR count). The summed E-state index contributed by atoms with van der Waals surface area (Å²) in [7, 11) is 0. The largest absolute Gasteiger partial charge is 0.246 e. The molecule has 7 heteroatoms. The van der Waals surface area contributed by atoms with Gasteiger partial charge >= 0.3 is 0 Å². The number of alkyl halides is 1. The van der Waals surface area contributed by atoms with Crippen molar-refractivity contribution in [2.75, 3.05) is 0 Å². The Hall–Kier alpha value is -5.79. The van der Waals surface area contributed by atoms with Gasteiger partial charge in [0.05, 0.1) is 11.0 Å². The molecule has 0 radical (unpaired) electrons. The van der Waals surface area contributed by atoms with Gasteiger partial charge in [-0.15, -0.1) is 0 Å². The van der Waals surface area contributed by atoms with E-state index >= 15 is 0 Å². The summed E-state index contributed by atoms with van der Waals surface area (Å²) in [5.74, 6) is 0. The van der Waals surface area contributed by atoms with Crippen LogP contribution in [0.4, 0.5) is 4.39 Å². The highest BCUT2D eigenvalue weighted by molar-refractivity contribution is 6.15. The molecule has 6 nitrogen and oxygen atoms in total. The quantitative estimate of drug-likeness (QED) is 0.234. The van der Waals surface area contributed by atoms with Crippen molar-refractivity contribution in [2.24, 2.45) is 9.98 Å². The minimum Gasteiger partial charge on any atom is -0.246 e. The fraction of sp³-hybridized carbons (Fsp3) is 0.0588. The van der Waals surface area contributed by atoms with E-state index in [-0.39, 0.29) is 0 Å². The Bertz CT molecular complexity index is 2400. The van der Waals surface area contributed by atoms with Crippen LogP contribution in [0, 0.1) is 29.8 Å². The van der Waals surface area contributed by atoms with Gasteiger partial charge in [0.15, 0.2) is 0 Å². The SMILES string of the molecule is Cc1cccc(-c2ccc3c(c2)c(=NC#N)c2nc4c(nc23)c(=NC#N)c2cc(-c3cccc(CF)c3)ccc24)c1. The Morgan fingerprint density at radius 2 is 1.12 bits per heavy atom. The van der Waals surface area contributed by atoms with Crippen LogP contribution in [0.15, 0.2) is 94.9 Å². The van der Waals surface area contributed by atoms with E-state index in [4.69, 9.17) is 9.97 Å². The summed E-state index contributed by atoms with van der Waals surface area (Å²) in [6.45, 7) is 1.50. The van der Waals surface area contributed by atoms with E-state index < -0.39 is 6.67 Å². The van der Waals surface area contributed by atoms with Gasteiger partial charge in [-0.1, -0.05) is 72.3 Å². The molecule has 192 valence electrons. The van der Waals surface area contributed by atoms with Crippen molar-refractivity contribution in [3.63, 3.8) is 0 Å². The van der Waals surface area contributed by atoms with E-state index in [2.05, 4.69) is 16.1 Å². The van der Waals surface area contributed by atoms with Crippen LogP contribution in [0.5, 0.6) is 0 Å². The van der Waals surface area contributed by atoms with Crippen molar-refractivity contribution in [3.8, 4) is 34.6 Å². The van der Waals surface area contributed by atoms with Crippen LogP contribution < -0.4 is 10.7 Å². The van der Waals surface area contributed by atoms with Crippen LogP contribution in [-0.2, 0) is 6.67 Å². The van der Waals surface area contributed by atoms with Crippen LogP contribution in [0.2, 0.25) is 0 Å². The molecule has 6 aromatic carbocycles. The lowest BCUT2D eigenvalue weighted by Gasteiger charge is -2.04. The van der Waals surface area contributed by atoms with Gasteiger partial charge in [0, 0.05) is 21.5 Å².